The summed E-state index contributed by atoms with van der Waals surface area (Å²) in [6, 6.07) is 6.20. The number of amides is 1. The first kappa shape index (κ1) is 20.3. The van der Waals surface area contributed by atoms with Crippen LogP contribution in [0.25, 0.3) is 11.3 Å². The van der Waals surface area contributed by atoms with Crippen LogP contribution >= 0.6 is 11.3 Å². The first-order valence-corrected chi connectivity index (χ1v) is 10.2. The van der Waals surface area contributed by atoms with E-state index in [9.17, 15) is 14.7 Å². The Morgan fingerprint density at radius 1 is 1.04 bits per heavy atom. The van der Waals surface area contributed by atoms with E-state index in [2.05, 4.69) is 36.3 Å². The zero-order chi connectivity index (χ0) is 20.6. The molecule has 3 rings (SSSR count). The lowest BCUT2D eigenvalue weighted by Gasteiger charge is -2.29. The second-order valence-electron chi connectivity index (χ2n) is 7.73. The van der Waals surface area contributed by atoms with Gasteiger partial charge in [-0.05, 0) is 64.7 Å². The summed E-state index contributed by atoms with van der Waals surface area (Å²) in [6.45, 7) is 10.0. The molecule has 1 heterocycles. The van der Waals surface area contributed by atoms with Crippen molar-refractivity contribution in [2.45, 2.75) is 47.5 Å². The number of aryl methyl sites for hydroxylation is 3. The third kappa shape index (κ3) is 4.02. The molecule has 0 unspecified atom stereocenters. The van der Waals surface area contributed by atoms with Gasteiger partial charge in [-0.15, -0.1) is 11.3 Å². The number of carboxylic acid groups (broad SMARTS) is 1. The van der Waals surface area contributed by atoms with Gasteiger partial charge in [0, 0.05) is 10.4 Å². The molecule has 0 saturated carbocycles. The summed E-state index contributed by atoms with van der Waals surface area (Å²) in [5, 5.41) is 12.9. The van der Waals surface area contributed by atoms with E-state index in [4.69, 9.17) is 0 Å². The smallest absolute Gasteiger partial charge is 0.307 e. The SMILES string of the molecule is CC1=C(C)C[C@@H](C(=O)Nc2nc(-c3ccc(C)c(C)c3)c(C)s2)[C@H](C(=O)O)C1. The van der Waals surface area contributed by atoms with Crippen molar-refractivity contribution in [2.24, 2.45) is 11.8 Å². The fourth-order valence-corrected chi connectivity index (χ4v) is 4.47. The molecule has 1 aromatic carbocycles. The number of nitrogens with zero attached hydrogens (tertiary/aromatic N) is 1. The number of hydrogen-bond acceptors (Lipinski definition) is 4. The van der Waals surface area contributed by atoms with Gasteiger partial charge in [0.2, 0.25) is 5.91 Å². The van der Waals surface area contributed by atoms with E-state index in [1.54, 1.807) is 0 Å². The minimum Gasteiger partial charge on any atom is -0.481 e. The number of thiazole rings is 1. The quantitative estimate of drug-likeness (QED) is 0.701. The molecule has 0 saturated heterocycles. The summed E-state index contributed by atoms with van der Waals surface area (Å²) in [4.78, 5) is 30.2. The molecular formula is C22H26N2O3S. The molecule has 1 aliphatic carbocycles. The number of anilines is 1. The Morgan fingerprint density at radius 2 is 1.68 bits per heavy atom. The van der Waals surface area contributed by atoms with E-state index >= 15 is 0 Å². The number of hydrogen-bond donors (Lipinski definition) is 2. The van der Waals surface area contributed by atoms with Crippen molar-refractivity contribution in [3.8, 4) is 11.3 Å². The number of benzene rings is 1. The Labute approximate surface area is 169 Å². The highest BCUT2D eigenvalue weighted by molar-refractivity contribution is 7.16. The molecule has 5 nitrogen and oxygen atoms in total. The van der Waals surface area contributed by atoms with Crippen LogP contribution in [0.4, 0.5) is 5.13 Å². The van der Waals surface area contributed by atoms with Gasteiger partial charge in [-0.3, -0.25) is 9.59 Å². The molecule has 0 spiro atoms. The predicted molar refractivity (Wildman–Crippen MR) is 113 cm³/mol. The molecule has 1 amide bonds. The van der Waals surface area contributed by atoms with Crippen molar-refractivity contribution >= 4 is 28.3 Å². The van der Waals surface area contributed by atoms with E-state index in [-0.39, 0.29) is 5.91 Å². The van der Waals surface area contributed by atoms with Crippen LogP contribution in [0.3, 0.4) is 0 Å². The summed E-state index contributed by atoms with van der Waals surface area (Å²) in [6.07, 6.45) is 0.896. The lowest BCUT2D eigenvalue weighted by atomic mass is 9.76. The molecule has 2 aromatic rings. The molecule has 0 fully saturated rings. The molecule has 6 heteroatoms. The normalized spacial score (nSPS) is 19.6. The first-order valence-electron chi connectivity index (χ1n) is 9.41. The van der Waals surface area contributed by atoms with Gasteiger partial charge >= 0.3 is 5.97 Å². The Morgan fingerprint density at radius 3 is 2.29 bits per heavy atom. The van der Waals surface area contributed by atoms with Crippen LogP contribution in [-0.4, -0.2) is 22.0 Å². The second kappa shape index (κ2) is 7.87. The van der Waals surface area contributed by atoms with Crippen LogP contribution in [0.5, 0.6) is 0 Å². The third-order valence-corrected chi connectivity index (χ3v) is 6.61. The fourth-order valence-electron chi connectivity index (χ4n) is 3.63. The van der Waals surface area contributed by atoms with Crippen LogP contribution < -0.4 is 5.32 Å². The Hall–Kier alpha value is -2.47. The van der Waals surface area contributed by atoms with Gasteiger partial charge in [0.25, 0.3) is 0 Å². The number of carbonyl (C=O) groups is 2. The lowest BCUT2D eigenvalue weighted by molar-refractivity contribution is -0.146. The van der Waals surface area contributed by atoms with E-state index in [0.717, 1.165) is 27.3 Å². The maximum Gasteiger partial charge on any atom is 0.307 e. The number of aliphatic carboxylic acids is 1. The van der Waals surface area contributed by atoms with Crippen molar-refractivity contribution in [1.82, 2.24) is 4.98 Å². The molecular weight excluding hydrogens is 372 g/mol. The van der Waals surface area contributed by atoms with Gasteiger partial charge in [-0.25, -0.2) is 4.98 Å². The summed E-state index contributed by atoms with van der Waals surface area (Å²) in [7, 11) is 0. The molecule has 2 N–H and O–H groups in total. The van der Waals surface area contributed by atoms with Gasteiger partial charge in [0.05, 0.1) is 17.5 Å². The molecule has 1 aromatic heterocycles. The lowest BCUT2D eigenvalue weighted by Crippen LogP contribution is -2.36. The third-order valence-electron chi connectivity index (χ3n) is 5.73. The van der Waals surface area contributed by atoms with Crippen LogP contribution in [0.1, 0.15) is 42.7 Å². The number of carbonyl (C=O) groups excluding carboxylic acids is 1. The van der Waals surface area contributed by atoms with E-state index in [1.807, 2.05) is 26.8 Å². The van der Waals surface area contributed by atoms with Gasteiger partial charge < -0.3 is 10.4 Å². The largest absolute Gasteiger partial charge is 0.481 e. The highest BCUT2D eigenvalue weighted by Gasteiger charge is 2.37. The van der Waals surface area contributed by atoms with Crippen LogP contribution in [0.2, 0.25) is 0 Å². The van der Waals surface area contributed by atoms with Gasteiger partial charge in [-0.1, -0.05) is 23.3 Å². The summed E-state index contributed by atoms with van der Waals surface area (Å²) >= 11 is 1.42. The number of nitrogens with one attached hydrogen (secondary N) is 1. The predicted octanol–water partition coefficient (Wildman–Crippen LogP) is 5.12. The average molecular weight is 399 g/mol. The van der Waals surface area contributed by atoms with Crippen molar-refractivity contribution < 1.29 is 14.7 Å². The minimum absolute atomic E-state index is 0.264. The maximum atomic E-state index is 12.9. The zero-order valence-electron chi connectivity index (χ0n) is 16.9. The highest BCUT2D eigenvalue weighted by atomic mass is 32.1. The summed E-state index contributed by atoms with van der Waals surface area (Å²) < 4.78 is 0. The van der Waals surface area contributed by atoms with Crippen molar-refractivity contribution in [3.63, 3.8) is 0 Å². The molecule has 0 aliphatic heterocycles. The Balaban J connectivity index is 1.83. The molecule has 148 valence electrons. The van der Waals surface area contributed by atoms with Crippen molar-refractivity contribution in [2.75, 3.05) is 5.32 Å². The number of rotatable bonds is 4. The summed E-state index contributed by atoms with van der Waals surface area (Å²) in [5.74, 6) is -2.45. The van der Waals surface area contributed by atoms with Gasteiger partial charge in [0.15, 0.2) is 5.13 Å². The summed E-state index contributed by atoms with van der Waals surface area (Å²) in [5.41, 5.74) is 6.46. The molecule has 28 heavy (non-hydrogen) atoms. The maximum absolute atomic E-state index is 12.9. The van der Waals surface area contributed by atoms with Crippen LogP contribution in [0, 0.1) is 32.6 Å². The Kier molecular flexibility index (Phi) is 5.70. The Bertz CT molecular complexity index is 974. The monoisotopic (exact) mass is 398 g/mol. The van der Waals surface area contributed by atoms with Gasteiger partial charge in [0.1, 0.15) is 0 Å². The average Bonchev–Trinajstić information content (AvgIpc) is 2.99. The van der Waals surface area contributed by atoms with Gasteiger partial charge in [-0.2, -0.15) is 0 Å². The minimum atomic E-state index is -0.918. The number of aromatic nitrogens is 1. The van der Waals surface area contributed by atoms with E-state index < -0.39 is 17.8 Å². The molecule has 2 atom stereocenters. The zero-order valence-corrected chi connectivity index (χ0v) is 17.7. The van der Waals surface area contributed by atoms with E-state index in [1.165, 1.54) is 22.5 Å². The first-order chi connectivity index (χ1) is 13.2. The van der Waals surface area contributed by atoms with E-state index in [0.29, 0.717) is 18.0 Å². The highest BCUT2D eigenvalue weighted by Crippen LogP contribution is 2.36. The van der Waals surface area contributed by atoms with Crippen molar-refractivity contribution in [1.29, 1.82) is 0 Å². The molecule has 0 radical (unpaired) electrons. The van der Waals surface area contributed by atoms with Crippen molar-refractivity contribution in [3.05, 3.63) is 45.3 Å². The molecule has 1 aliphatic rings. The standard InChI is InChI=1S/C22H26N2O3S/c1-11-6-7-16(8-12(11)2)19-15(5)28-22(23-19)24-20(25)17-9-13(3)14(4)10-18(17)21(26)27/h6-8,17-18H,9-10H2,1-5H3,(H,26,27)(H,23,24,25)/t17-,18-/m1/s1. The molecule has 0 bridgehead atoms. The number of carboxylic acids is 1. The van der Waals surface area contributed by atoms with Crippen LogP contribution in [-0.2, 0) is 9.59 Å². The topological polar surface area (TPSA) is 79.3 Å². The second-order valence-corrected chi connectivity index (χ2v) is 8.94. The number of allylic oxidation sites excluding steroid dienone is 2. The fraction of sp³-hybridized carbons (Fsp3) is 0.409. The van der Waals surface area contributed by atoms with Crippen LogP contribution in [0.15, 0.2) is 29.3 Å².